The zero-order valence-corrected chi connectivity index (χ0v) is 9.98. The number of hydrogen-bond donors (Lipinski definition) is 0. The van der Waals surface area contributed by atoms with Gasteiger partial charge in [0.05, 0.1) is 0 Å². The number of nitrogens with zero attached hydrogens (tertiary/aromatic N) is 1. The van der Waals surface area contributed by atoms with Crippen LogP contribution in [0.1, 0.15) is 19.8 Å². The molecule has 1 rings (SSSR count). The van der Waals surface area contributed by atoms with Crippen molar-refractivity contribution in [2.45, 2.75) is 19.8 Å². The first-order valence-corrected chi connectivity index (χ1v) is 6.27. The second-order valence-electron chi connectivity index (χ2n) is 3.10. The summed E-state index contributed by atoms with van der Waals surface area (Å²) in [5.74, 6) is -0.534. The second kappa shape index (κ2) is 6.19. The highest BCUT2D eigenvalue weighted by molar-refractivity contribution is 7.82. The van der Waals surface area contributed by atoms with Crippen LogP contribution in [0.5, 0.6) is 5.75 Å². The molecule has 5 nitrogen and oxygen atoms in total. The van der Waals surface area contributed by atoms with E-state index in [0.717, 1.165) is 18.6 Å². The zero-order chi connectivity index (χ0) is 12.7. The van der Waals surface area contributed by atoms with Gasteiger partial charge in [-0.2, -0.15) is 0 Å². The molecule has 0 radical (unpaired) electrons. The molecule has 17 heavy (non-hydrogen) atoms. The summed E-state index contributed by atoms with van der Waals surface area (Å²) in [5, 5.41) is 3.23. The Bertz CT molecular complexity index is 470. The molecule has 0 saturated carbocycles. The Labute approximate surface area is 99.2 Å². The van der Waals surface area contributed by atoms with Gasteiger partial charge in [-0.05, 0) is 30.7 Å². The molecule has 0 aromatic heterocycles. The maximum absolute atomic E-state index is 12.5. The highest BCUT2D eigenvalue weighted by atomic mass is 32.3. The number of oxime groups is 1. The zero-order valence-electron chi connectivity index (χ0n) is 9.17. The van der Waals surface area contributed by atoms with E-state index in [2.05, 4.69) is 13.6 Å². The lowest BCUT2D eigenvalue weighted by molar-refractivity contribution is 0.288. The molecule has 1 aromatic carbocycles. The van der Waals surface area contributed by atoms with E-state index >= 15 is 0 Å². The molecular formula is C10H12FNO4S. The number of unbranched alkanes of at least 4 members (excludes halogenated alkanes) is 1. The van der Waals surface area contributed by atoms with Crippen molar-refractivity contribution in [3.63, 3.8) is 0 Å². The van der Waals surface area contributed by atoms with Gasteiger partial charge in [0, 0.05) is 6.21 Å². The van der Waals surface area contributed by atoms with Gasteiger partial charge in [-0.15, -0.1) is 8.42 Å². The summed E-state index contributed by atoms with van der Waals surface area (Å²) < 4.78 is 43.6. The van der Waals surface area contributed by atoms with Crippen molar-refractivity contribution in [1.82, 2.24) is 0 Å². The van der Waals surface area contributed by atoms with Gasteiger partial charge >= 0.3 is 10.4 Å². The van der Waals surface area contributed by atoms with Crippen LogP contribution in [-0.4, -0.2) is 14.6 Å². The quantitative estimate of drug-likeness (QED) is 0.582. The van der Waals surface area contributed by atoms with Crippen LogP contribution in [0.3, 0.4) is 0 Å². The third kappa shape index (κ3) is 5.30. The first-order chi connectivity index (χ1) is 8.03. The van der Waals surface area contributed by atoms with Crippen LogP contribution in [0.15, 0.2) is 29.4 Å². The standard InChI is InChI=1S/C10H12FNO4S/c1-2-3-8-12-16-17(13,14)15-10-6-4-9(11)5-7-10/h4-8H,2-3H2,1H3. The van der Waals surface area contributed by atoms with E-state index < -0.39 is 16.2 Å². The van der Waals surface area contributed by atoms with Crippen molar-refractivity contribution < 1.29 is 21.3 Å². The average Bonchev–Trinajstić information content (AvgIpc) is 2.27. The monoisotopic (exact) mass is 261 g/mol. The van der Waals surface area contributed by atoms with Gasteiger partial charge in [0.25, 0.3) is 0 Å². The van der Waals surface area contributed by atoms with Crippen molar-refractivity contribution >= 4 is 16.6 Å². The highest BCUT2D eigenvalue weighted by Gasteiger charge is 2.13. The van der Waals surface area contributed by atoms with E-state index in [1.807, 2.05) is 6.92 Å². The predicted molar refractivity (Wildman–Crippen MR) is 60.4 cm³/mol. The van der Waals surface area contributed by atoms with Crippen LogP contribution < -0.4 is 4.18 Å². The molecule has 0 fully saturated rings. The molecule has 0 saturated heterocycles. The topological polar surface area (TPSA) is 65.0 Å². The lowest BCUT2D eigenvalue weighted by Crippen LogP contribution is -2.10. The SMILES string of the molecule is CCCC=NOS(=O)(=O)Oc1ccc(F)cc1. The molecule has 0 atom stereocenters. The Morgan fingerprint density at radius 2 is 2.00 bits per heavy atom. The largest absolute Gasteiger partial charge is 0.521 e. The van der Waals surface area contributed by atoms with Gasteiger partial charge in [-0.3, -0.25) is 0 Å². The first kappa shape index (κ1) is 13.4. The minimum atomic E-state index is -4.25. The van der Waals surface area contributed by atoms with E-state index in [0.29, 0.717) is 6.42 Å². The fraction of sp³-hybridized carbons (Fsp3) is 0.300. The van der Waals surface area contributed by atoms with Gasteiger partial charge < -0.3 is 4.18 Å². The fourth-order valence-corrected chi connectivity index (χ4v) is 1.43. The van der Waals surface area contributed by atoms with Crippen molar-refractivity contribution in [2.24, 2.45) is 5.16 Å². The van der Waals surface area contributed by atoms with E-state index in [9.17, 15) is 12.8 Å². The Balaban J connectivity index is 2.57. The number of halogens is 1. The van der Waals surface area contributed by atoms with Crippen molar-refractivity contribution in [2.75, 3.05) is 0 Å². The van der Waals surface area contributed by atoms with Crippen LogP contribution >= 0.6 is 0 Å². The average molecular weight is 261 g/mol. The predicted octanol–water partition coefficient (Wildman–Crippen LogP) is 2.25. The fourth-order valence-electron chi connectivity index (χ4n) is 0.888. The summed E-state index contributed by atoms with van der Waals surface area (Å²) in [6.07, 6.45) is 2.75. The molecule has 0 aliphatic rings. The molecule has 0 amide bonds. The van der Waals surface area contributed by atoms with E-state index in [-0.39, 0.29) is 5.75 Å². The molecule has 0 aliphatic carbocycles. The van der Waals surface area contributed by atoms with Crippen LogP contribution in [0.25, 0.3) is 0 Å². The maximum atomic E-state index is 12.5. The van der Waals surface area contributed by atoms with Crippen LogP contribution in [0.4, 0.5) is 4.39 Å². The lowest BCUT2D eigenvalue weighted by atomic mass is 10.3. The van der Waals surface area contributed by atoms with Crippen molar-refractivity contribution in [1.29, 1.82) is 0 Å². The maximum Gasteiger partial charge on any atom is 0.521 e. The van der Waals surface area contributed by atoms with Crippen LogP contribution in [0.2, 0.25) is 0 Å². The summed E-state index contributed by atoms with van der Waals surface area (Å²) in [4.78, 5) is 0. The van der Waals surface area contributed by atoms with Gasteiger partial charge in [0.2, 0.25) is 0 Å². The van der Waals surface area contributed by atoms with Crippen molar-refractivity contribution in [3.8, 4) is 5.75 Å². The van der Waals surface area contributed by atoms with Crippen molar-refractivity contribution in [3.05, 3.63) is 30.1 Å². The highest BCUT2D eigenvalue weighted by Crippen LogP contribution is 2.14. The van der Waals surface area contributed by atoms with Gasteiger partial charge in [0.1, 0.15) is 11.6 Å². The van der Waals surface area contributed by atoms with Gasteiger partial charge in [0.15, 0.2) is 0 Å². The third-order valence-corrected chi connectivity index (χ3v) is 2.30. The Morgan fingerprint density at radius 3 is 2.59 bits per heavy atom. The summed E-state index contributed by atoms with van der Waals surface area (Å²) in [5.41, 5.74) is 0. The minimum Gasteiger partial charge on any atom is -0.352 e. The van der Waals surface area contributed by atoms with Crippen LogP contribution in [-0.2, 0) is 14.7 Å². The minimum absolute atomic E-state index is 0.0444. The smallest absolute Gasteiger partial charge is 0.352 e. The number of benzene rings is 1. The molecule has 94 valence electrons. The molecule has 0 heterocycles. The van der Waals surface area contributed by atoms with E-state index in [1.54, 1.807) is 0 Å². The summed E-state index contributed by atoms with van der Waals surface area (Å²) in [7, 11) is -4.25. The number of hydrogen-bond acceptors (Lipinski definition) is 5. The third-order valence-electron chi connectivity index (χ3n) is 1.64. The van der Waals surface area contributed by atoms with Gasteiger partial charge in [-0.1, -0.05) is 18.5 Å². The molecule has 0 N–H and O–H groups in total. The second-order valence-corrected chi connectivity index (χ2v) is 4.23. The Morgan fingerprint density at radius 1 is 1.35 bits per heavy atom. The lowest BCUT2D eigenvalue weighted by Gasteiger charge is -2.02. The first-order valence-electron chi connectivity index (χ1n) is 4.94. The molecule has 0 bridgehead atoms. The molecule has 1 aromatic rings. The molecule has 7 heteroatoms. The van der Waals surface area contributed by atoms with E-state index in [1.165, 1.54) is 18.3 Å². The number of rotatable bonds is 6. The normalized spacial score (nSPS) is 11.6. The van der Waals surface area contributed by atoms with Gasteiger partial charge in [-0.25, -0.2) is 8.67 Å². The summed E-state index contributed by atoms with van der Waals surface area (Å²) in [6.45, 7) is 1.91. The summed E-state index contributed by atoms with van der Waals surface area (Å²) in [6, 6.07) is 4.49. The molecular weight excluding hydrogens is 249 g/mol. The molecule has 0 spiro atoms. The van der Waals surface area contributed by atoms with Crippen LogP contribution in [0, 0.1) is 5.82 Å². The van der Waals surface area contributed by atoms with E-state index in [4.69, 9.17) is 0 Å². The molecule has 0 unspecified atom stereocenters. The summed E-state index contributed by atoms with van der Waals surface area (Å²) >= 11 is 0. The Kier molecular flexibility index (Phi) is 4.89. The Hall–Kier alpha value is -1.63. The molecule has 0 aliphatic heterocycles.